The molecule has 1 rings (SSSR count). The molecule has 0 saturated heterocycles. The molecule has 3 heteroatoms. The van der Waals surface area contributed by atoms with Crippen molar-refractivity contribution in [2.75, 3.05) is 6.54 Å². The lowest BCUT2D eigenvalue weighted by Gasteiger charge is -2.17. The van der Waals surface area contributed by atoms with E-state index in [9.17, 15) is 9.90 Å². The zero-order valence-electron chi connectivity index (χ0n) is 12.3. The third kappa shape index (κ3) is 5.43. The number of carbonyl (C=O) groups is 1. The number of amides is 1. The van der Waals surface area contributed by atoms with E-state index in [0.717, 1.165) is 11.1 Å². The van der Waals surface area contributed by atoms with Gasteiger partial charge in [0.1, 0.15) is 0 Å². The molecule has 1 aromatic rings. The summed E-state index contributed by atoms with van der Waals surface area (Å²) in [6.45, 7) is 8.34. The first-order valence-corrected chi connectivity index (χ1v) is 6.92. The standard InChI is InChI=1S/C16H25NO2/c1-11(2)8-15(18)10-17-16(19)13(4)14-7-5-6-12(3)9-14/h5-7,9,11,13,15,18H,8,10H2,1-4H3,(H,17,19). The van der Waals surface area contributed by atoms with Gasteiger partial charge in [0.05, 0.1) is 12.0 Å². The molecule has 2 atom stereocenters. The van der Waals surface area contributed by atoms with Crippen molar-refractivity contribution >= 4 is 5.91 Å². The summed E-state index contributed by atoms with van der Waals surface area (Å²) in [5.74, 6) is 0.209. The number of carbonyl (C=O) groups excluding carboxylic acids is 1. The molecule has 0 radical (unpaired) electrons. The number of aliphatic hydroxyl groups excluding tert-OH is 1. The maximum atomic E-state index is 12.0. The van der Waals surface area contributed by atoms with Gasteiger partial charge in [-0.15, -0.1) is 0 Å². The summed E-state index contributed by atoms with van der Waals surface area (Å²) in [5.41, 5.74) is 2.16. The van der Waals surface area contributed by atoms with Crippen LogP contribution in [0, 0.1) is 12.8 Å². The van der Waals surface area contributed by atoms with Crippen LogP contribution in [0.1, 0.15) is 44.2 Å². The van der Waals surface area contributed by atoms with Gasteiger partial charge in [-0.2, -0.15) is 0 Å². The highest BCUT2D eigenvalue weighted by Crippen LogP contribution is 2.16. The van der Waals surface area contributed by atoms with E-state index in [1.54, 1.807) is 0 Å². The summed E-state index contributed by atoms with van der Waals surface area (Å²) < 4.78 is 0. The molecule has 0 aliphatic heterocycles. The molecule has 0 heterocycles. The molecule has 3 nitrogen and oxygen atoms in total. The highest BCUT2D eigenvalue weighted by Gasteiger charge is 2.16. The van der Waals surface area contributed by atoms with Gasteiger partial charge < -0.3 is 10.4 Å². The van der Waals surface area contributed by atoms with Crippen LogP contribution in [0.5, 0.6) is 0 Å². The van der Waals surface area contributed by atoms with Crippen LogP contribution in [-0.2, 0) is 4.79 Å². The molecule has 1 aromatic carbocycles. The summed E-state index contributed by atoms with van der Waals surface area (Å²) >= 11 is 0. The van der Waals surface area contributed by atoms with Crippen LogP contribution in [0.25, 0.3) is 0 Å². The minimum Gasteiger partial charge on any atom is -0.391 e. The molecule has 2 unspecified atom stereocenters. The summed E-state index contributed by atoms with van der Waals surface area (Å²) in [6.07, 6.45) is 0.243. The largest absolute Gasteiger partial charge is 0.391 e. The second-order valence-electron chi connectivity index (χ2n) is 5.66. The zero-order valence-corrected chi connectivity index (χ0v) is 12.3. The Labute approximate surface area is 116 Å². The maximum Gasteiger partial charge on any atom is 0.227 e. The number of aliphatic hydroxyl groups is 1. The normalized spacial score (nSPS) is 14.2. The quantitative estimate of drug-likeness (QED) is 0.829. The molecular formula is C16H25NO2. The first-order valence-electron chi connectivity index (χ1n) is 6.92. The Bertz CT molecular complexity index is 415. The fourth-order valence-electron chi connectivity index (χ4n) is 2.09. The van der Waals surface area contributed by atoms with Gasteiger partial charge in [-0.05, 0) is 31.7 Å². The Hall–Kier alpha value is -1.35. The van der Waals surface area contributed by atoms with Crippen LogP contribution in [0.3, 0.4) is 0 Å². The second-order valence-corrected chi connectivity index (χ2v) is 5.66. The van der Waals surface area contributed by atoms with E-state index in [4.69, 9.17) is 0 Å². The number of hydrogen-bond donors (Lipinski definition) is 2. The molecule has 1 amide bonds. The minimum absolute atomic E-state index is 0.0339. The van der Waals surface area contributed by atoms with Crippen molar-refractivity contribution in [1.29, 1.82) is 0 Å². The van der Waals surface area contributed by atoms with Crippen LogP contribution in [0.4, 0.5) is 0 Å². The van der Waals surface area contributed by atoms with Crippen molar-refractivity contribution in [2.45, 2.75) is 46.1 Å². The van der Waals surface area contributed by atoms with E-state index < -0.39 is 6.10 Å². The van der Waals surface area contributed by atoms with Crippen LogP contribution < -0.4 is 5.32 Å². The Kier molecular flexibility index (Phi) is 6.03. The molecule has 0 fully saturated rings. The van der Waals surface area contributed by atoms with Crippen molar-refractivity contribution in [2.24, 2.45) is 5.92 Å². The Morgan fingerprint density at radius 1 is 1.32 bits per heavy atom. The number of nitrogens with one attached hydrogen (secondary N) is 1. The Balaban J connectivity index is 2.49. The van der Waals surface area contributed by atoms with Crippen LogP contribution >= 0.6 is 0 Å². The SMILES string of the molecule is Cc1cccc(C(C)C(=O)NCC(O)CC(C)C)c1. The first-order chi connectivity index (χ1) is 8.90. The lowest BCUT2D eigenvalue weighted by Crippen LogP contribution is -2.35. The average Bonchev–Trinajstić information content (AvgIpc) is 2.34. The van der Waals surface area contributed by atoms with Gasteiger partial charge in [0.2, 0.25) is 5.91 Å². The first kappa shape index (κ1) is 15.7. The number of rotatable bonds is 6. The third-order valence-electron chi connectivity index (χ3n) is 3.19. The molecule has 0 aliphatic rings. The molecule has 106 valence electrons. The third-order valence-corrected chi connectivity index (χ3v) is 3.19. The van der Waals surface area contributed by atoms with Gasteiger partial charge in [-0.1, -0.05) is 43.7 Å². The molecule has 0 spiro atoms. The number of benzene rings is 1. The minimum atomic E-state index is -0.464. The predicted molar refractivity (Wildman–Crippen MR) is 78.1 cm³/mol. The van der Waals surface area contributed by atoms with Crippen molar-refractivity contribution in [3.8, 4) is 0 Å². The average molecular weight is 263 g/mol. The van der Waals surface area contributed by atoms with E-state index in [0.29, 0.717) is 18.9 Å². The van der Waals surface area contributed by atoms with Crippen LogP contribution in [-0.4, -0.2) is 23.7 Å². The fourth-order valence-corrected chi connectivity index (χ4v) is 2.09. The maximum absolute atomic E-state index is 12.0. The molecular weight excluding hydrogens is 238 g/mol. The molecule has 19 heavy (non-hydrogen) atoms. The summed E-state index contributed by atoms with van der Waals surface area (Å²) in [5, 5.41) is 12.6. The topological polar surface area (TPSA) is 49.3 Å². The summed E-state index contributed by atoms with van der Waals surface area (Å²) in [7, 11) is 0. The van der Waals surface area contributed by atoms with Crippen molar-refractivity contribution in [3.05, 3.63) is 35.4 Å². The number of hydrogen-bond acceptors (Lipinski definition) is 2. The van der Waals surface area contributed by atoms with Crippen LogP contribution in [0.15, 0.2) is 24.3 Å². The van der Waals surface area contributed by atoms with E-state index in [1.165, 1.54) is 0 Å². The molecule has 0 bridgehead atoms. The van der Waals surface area contributed by atoms with Gasteiger partial charge in [-0.25, -0.2) is 0 Å². The highest BCUT2D eigenvalue weighted by molar-refractivity contribution is 5.83. The van der Waals surface area contributed by atoms with Crippen molar-refractivity contribution in [3.63, 3.8) is 0 Å². The Morgan fingerprint density at radius 3 is 2.58 bits per heavy atom. The van der Waals surface area contributed by atoms with Crippen molar-refractivity contribution in [1.82, 2.24) is 5.32 Å². The molecule has 0 aromatic heterocycles. The Morgan fingerprint density at radius 2 is 2.00 bits per heavy atom. The smallest absolute Gasteiger partial charge is 0.227 e. The van der Waals surface area contributed by atoms with Gasteiger partial charge >= 0.3 is 0 Å². The van der Waals surface area contributed by atoms with Crippen LogP contribution in [0.2, 0.25) is 0 Å². The van der Waals surface area contributed by atoms with E-state index >= 15 is 0 Å². The van der Waals surface area contributed by atoms with Crippen molar-refractivity contribution < 1.29 is 9.90 Å². The van der Waals surface area contributed by atoms with E-state index in [1.807, 2.05) is 38.1 Å². The second kappa shape index (κ2) is 7.29. The number of aryl methyl sites for hydroxylation is 1. The summed E-state index contributed by atoms with van der Waals surface area (Å²) in [6, 6.07) is 7.96. The molecule has 2 N–H and O–H groups in total. The molecule has 0 aliphatic carbocycles. The summed E-state index contributed by atoms with van der Waals surface area (Å²) in [4.78, 5) is 12.0. The highest BCUT2D eigenvalue weighted by atomic mass is 16.3. The lowest BCUT2D eigenvalue weighted by molar-refractivity contribution is -0.122. The van der Waals surface area contributed by atoms with Gasteiger partial charge in [0, 0.05) is 6.54 Å². The van der Waals surface area contributed by atoms with E-state index in [2.05, 4.69) is 19.2 Å². The monoisotopic (exact) mass is 263 g/mol. The zero-order chi connectivity index (χ0) is 14.4. The lowest BCUT2D eigenvalue weighted by atomic mass is 9.98. The van der Waals surface area contributed by atoms with E-state index in [-0.39, 0.29) is 11.8 Å². The van der Waals surface area contributed by atoms with Gasteiger partial charge in [-0.3, -0.25) is 4.79 Å². The van der Waals surface area contributed by atoms with Gasteiger partial charge in [0.25, 0.3) is 0 Å². The van der Waals surface area contributed by atoms with Gasteiger partial charge in [0.15, 0.2) is 0 Å². The predicted octanol–water partition coefficient (Wildman–Crippen LogP) is 2.62. The molecule has 0 saturated carbocycles. The fraction of sp³-hybridized carbons (Fsp3) is 0.562.